The van der Waals surface area contributed by atoms with Gasteiger partial charge in [0.2, 0.25) is 0 Å². The number of alkyl halides is 2. The molecule has 4 fully saturated rings. The lowest BCUT2D eigenvalue weighted by molar-refractivity contribution is -0.109. The van der Waals surface area contributed by atoms with Gasteiger partial charge in [0.1, 0.15) is 0 Å². The van der Waals surface area contributed by atoms with Gasteiger partial charge in [-0.15, -0.1) is 0 Å². The molecule has 0 bridgehead atoms. The Hall–Kier alpha value is -1.04. The molecule has 3 saturated carbocycles. The van der Waals surface area contributed by atoms with Crippen LogP contribution in [0.25, 0.3) is 0 Å². The summed E-state index contributed by atoms with van der Waals surface area (Å²) in [6.45, 7) is 11.9. The Morgan fingerprint density at radius 1 is 1.25 bits per heavy atom. The first kappa shape index (κ1) is 24.1. The number of hydrogen-bond acceptors (Lipinski definition) is 3. The van der Waals surface area contributed by atoms with Crippen LogP contribution in [0, 0.1) is 29.1 Å². The van der Waals surface area contributed by atoms with Crippen LogP contribution >= 0.6 is 0 Å². The lowest BCUT2D eigenvalue weighted by atomic mass is 9.61. The molecule has 0 radical (unpaired) electrons. The predicted octanol–water partition coefficient (Wildman–Crippen LogP) is 5.35. The molecule has 1 aliphatic heterocycles. The van der Waals surface area contributed by atoms with Gasteiger partial charge in [-0.1, -0.05) is 38.2 Å². The van der Waals surface area contributed by atoms with Gasteiger partial charge in [-0.2, -0.15) is 0 Å². The van der Waals surface area contributed by atoms with Crippen molar-refractivity contribution < 1.29 is 19.0 Å². The summed E-state index contributed by atoms with van der Waals surface area (Å²) < 4.78 is 27.0. The zero-order chi connectivity index (χ0) is 23.3. The second-order valence-corrected chi connectivity index (χ2v) is 11.5. The third kappa shape index (κ3) is 4.63. The summed E-state index contributed by atoms with van der Waals surface area (Å²) in [7, 11) is 0. The number of hydrogen-bond donors (Lipinski definition) is 2. The smallest absolute Gasteiger partial charge is 0.250 e. The molecule has 0 aromatic rings. The molecule has 3 nitrogen and oxygen atoms in total. The zero-order valence-corrected chi connectivity index (χ0v) is 20.0. The van der Waals surface area contributed by atoms with Crippen LogP contribution in [0.1, 0.15) is 65.7 Å². The van der Waals surface area contributed by atoms with Crippen molar-refractivity contribution in [3.8, 4) is 0 Å². The van der Waals surface area contributed by atoms with Crippen molar-refractivity contribution in [2.45, 2.75) is 83.8 Å². The van der Waals surface area contributed by atoms with E-state index in [2.05, 4.69) is 37.5 Å². The quantitative estimate of drug-likeness (QED) is 0.595. The number of allylic oxidation sites excluding steroid dienone is 3. The fraction of sp³-hybridized carbons (Fsp3) is 0.778. The highest BCUT2D eigenvalue weighted by Gasteiger charge is 2.51. The van der Waals surface area contributed by atoms with Gasteiger partial charge >= 0.3 is 0 Å². The van der Waals surface area contributed by atoms with E-state index in [1.807, 2.05) is 0 Å². The molecule has 2 N–H and O–H groups in total. The van der Waals surface area contributed by atoms with Gasteiger partial charge in [0, 0.05) is 32.0 Å². The van der Waals surface area contributed by atoms with Gasteiger partial charge in [-0.3, -0.25) is 0 Å². The number of fused-ring (bicyclic) bond motifs is 1. The maximum atomic E-state index is 13.5. The Bertz CT molecular complexity index is 779. The lowest BCUT2D eigenvalue weighted by Crippen LogP contribution is -2.55. The molecule has 4 rings (SSSR count). The Labute approximate surface area is 192 Å². The molecular weight excluding hydrogens is 408 g/mol. The minimum atomic E-state index is -2.56. The summed E-state index contributed by atoms with van der Waals surface area (Å²) in [4.78, 5) is 2.22. The standard InChI is InChI=1S/C27H41F2NO2/c1-17(14-30-15-21(16-30)27(4,28)29)23-9-10-24-19(6-5-11-26(23,24)3)7-8-20-12-22(31)13-25(32)18(20)2/h7-8,17,21-25,31-32H,2,5-6,9-16H2,1,3-4H3/b19-7+,20-8-/t17-,22-,23-,24+,25+,26-/m1/s1. The number of rotatable bonds is 5. The van der Waals surface area contributed by atoms with Crippen LogP contribution in [0.5, 0.6) is 0 Å². The lowest BCUT2D eigenvalue weighted by Gasteiger charge is -2.47. The van der Waals surface area contributed by atoms with Crippen molar-refractivity contribution in [1.82, 2.24) is 4.90 Å². The maximum absolute atomic E-state index is 13.5. The summed E-state index contributed by atoms with van der Waals surface area (Å²) in [5.74, 6) is -1.34. The molecule has 6 atom stereocenters. The third-order valence-corrected chi connectivity index (χ3v) is 9.21. The molecule has 0 spiro atoms. The number of aliphatic hydroxyl groups excluding tert-OH is 2. The fourth-order valence-corrected chi connectivity index (χ4v) is 7.25. The minimum absolute atomic E-state index is 0.267. The van der Waals surface area contributed by atoms with Gasteiger partial charge in [0.15, 0.2) is 0 Å². The average molecular weight is 450 g/mol. The number of likely N-dealkylation sites (tertiary alicyclic amines) is 1. The number of halogens is 2. The highest BCUT2D eigenvalue weighted by atomic mass is 19.3. The highest BCUT2D eigenvalue weighted by Crippen LogP contribution is 2.59. The van der Waals surface area contributed by atoms with Crippen molar-refractivity contribution in [3.63, 3.8) is 0 Å². The van der Waals surface area contributed by atoms with Crippen LogP contribution in [-0.2, 0) is 0 Å². The molecule has 0 unspecified atom stereocenters. The first-order chi connectivity index (χ1) is 15.0. The Morgan fingerprint density at radius 2 is 1.97 bits per heavy atom. The molecule has 180 valence electrons. The maximum Gasteiger partial charge on any atom is 0.250 e. The number of nitrogens with zero attached hydrogens (tertiary/aromatic N) is 1. The van der Waals surface area contributed by atoms with E-state index in [-0.39, 0.29) is 5.41 Å². The van der Waals surface area contributed by atoms with E-state index in [1.54, 1.807) is 0 Å². The molecule has 4 aliphatic rings. The SMILES string of the molecule is C=C1/C(=C\C=C2/CCC[C@]3(C)[C@@H]([C@H](C)CN4CC(C(C)(F)F)C4)CC[C@@H]23)C[C@@H](O)C[C@@H]1O. The van der Waals surface area contributed by atoms with Crippen molar-refractivity contribution in [2.24, 2.45) is 29.1 Å². The van der Waals surface area contributed by atoms with Crippen molar-refractivity contribution in [2.75, 3.05) is 19.6 Å². The molecule has 0 aromatic heterocycles. The van der Waals surface area contributed by atoms with E-state index < -0.39 is 24.0 Å². The minimum Gasteiger partial charge on any atom is -0.393 e. The van der Waals surface area contributed by atoms with Gasteiger partial charge in [0.25, 0.3) is 5.92 Å². The van der Waals surface area contributed by atoms with Gasteiger partial charge in [-0.25, -0.2) is 8.78 Å². The summed E-state index contributed by atoms with van der Waals surface area (Å²) in [6, 6.07) is 0. The fourth-order valence-electron chi connectivity index (χ4n) is 7.25. The summed E-state index contributed by atoms with van der Waals surface area (Å²) >= 11 is 0. The Balaban J connectivity index is 1.42. The molecule has 32 heavy (non-hydrogen) atoms. The van der Waals surface area contributed by atoms with Crippen LogP contribution in [0.3, 0.4) is 0 Å². The van der Waals surface area contributed by atoms with Crippen LogP contribution in [-0.4, -0.2) is 52.9 Å². The molecule has 1 saturated heterocycles. The Morgan fingerprint density at radius 3 is 2.66 bits per heavy atom. The van der Waals surface area contributed by atoms with Gasteiger partial charge in [0.05, 0.1) is 12.2 Å². The topological polar surface area (TPSA) is 43.7 Å². The van der Waals surface area contributed by atoms with E-state index in [9.17, 15) is 19.0 Å². The van der Waals surface area contributed by atoms with E-state index in [0.29, 0.717) is 43.7 Å². The van der Waals surface area contributed by atoms with E-state index in [0.717, 1.165) is 31.0 Å². The van der Waals surface area contributed by atoms with Crippen molar-refractivity contribution in [1.29, 1.82) is 0 Å². The second kappa shape index (κ2) is 8.96. The molecule has 0 aromatic carbocycles. The van der Waals surface area contributed by atoms with Gasteiger partial charge in [-0.05, 0) is 79.8 Å². The molecule has 5 heteroatoms. The third-order valence-electron chi connectivity index (χ3n) is 9.21. The summed E-state index contributed by atoms with van der Waals surface area (Å²) in [5.41, 5.74) is 3.48. The normalized spacial score (nSPS) is 40.5. The van der Waals surface area contributed by atoms with Crippen molar-refractivity contribution in [3.05, 3.63) is 35.5 Å². The molecule has 3 aliphatic carbocycles. The van der Waals surface area contributed by atoms with E-state index in [1.165, 1.54) is 31.3 Å². The first-order valence-corrected chi connectivity index (χ1v) is 12.5. The van der Waals surface area contributed by atoms with Crippen LogP contribution in [0.4, 0.5) is 8.78 Å². The molecule has 0 amide bonds. The van der Waals surface area contributed by atoms with E-state index in [4.69, 9.17) is 0 Å². The first-order valence-electron chi connectivity index (χ1n) is 12.5. The molecular formula is C27H41F2NO2. The average Bonchev–Trinajstić information content (AvgIpc) is 3.02. The largest absolute Gasteiger partial charge is 0.393 e. The Kier molecular flexibility index (Phi) is 6.75. The summed E-state index contributed by atoms with van der Waals surface area (Å²) in [5, 5.41) is 20.2. The van der Waals surface area contributed by atoms with Gasteiger partial charge < -0.3 is 15.1 Å². The monoisotopic (exact) mass is 449 g/mol. The van der Waals surface area contributed by atoms with E-state index >= 15 is 0 Å². The van der Waals surface area contributed by atoms with Crippen LogP contribution in [0.2, 0.25) is 0 Å². The summed E-state index contributed by atoms with van der Waals surface area (Å²) in [6.07, 6.45) is 10.1. The highest BCUT2D eigenvalue weighted by molar-refractivity contribution is 5.38. The second-order valence-electron chi connectivity index (χ2n) is 11.5. The number of aliphatic hydroxyl groups is 2. The molecule has 1 heterocycles. The predicted molar refractivity (Wildman–Crippen MR) is 124 cm³/mol. The zero-order valence-electron chi connectivity index (χ0n) is 20.0. The van der Waals surface area contributed by atoms with Crippen molar-refractivity contribution >= 4 is 0 Å². The van der Waals surface area contributed by atoms with Crippen LogP contribution < -0.4 is 0 Å². The van der Waals surface area contributed by atoms with Crippen LogP contribution in [0.15, 0.2) is 35.5 Å².